The molecule has 0 bridgehead atoms. The van der Waals surface area contributed by atoms with E-state index < -0.39 is 0 Å². The lowest BCUT2D eigenvalue weighted by Crippen LogP contribution is -2.33. The highest BCUT2D eigenvalue weighted by molar-refractivity contribution is 9.10. The second kappa shape index (κ2) is 8.28. The molecule has 0 aliphatic heterocycles. The molecule has 4 heteroatoms. The van der Waals surface area contributed by atoms with Crippen molar-refractivity contribution in [2.75, 3.05) is 5.32 Å². The van der Waals surface area contributed by atoms with Crippen molar-refractivity contribution in [3.8, 4) is 0 Å². The average molecular weight is 411 g/mol. The topological polar surface area (TPSA) is 24.1 Å². The Balaban J connectivity index is 1.80. The van der Waals surface area contributed by atoms with Crippen molar-refractivity contribution in [1.29, 1.82) is 0 Å². The quantitative estimate of drug-likeness (QED) is 0.528. The minimum absolute atomic E-state index is 0.000977. The number of halogens is 1. The van der Waals surface area contributed by atoms with Crippen LogP contribution in [0.4, 0.5) is 5.69 Å². The first kappa shape index (κ1) is 17.6. The standard InChI is InChI=1S/C21H19BrN2S/c1-15-14-18(12-13-19(15)22)23-21(25)24-20(16-8-4-2-5-9-16)17-10-6-3-7-11-17/h2-14,20H,1H3,(H2,23,24,25). The van der Waals surface area contributed by atoms with Gasteiger partial charge in [0, 0.05) is 10.2 Å². The maximum Gasteiger partial charge on any atom is 0.171 e. The summed E-state index contributed by atoms with van der Waals surface area (Å²) in [5.74, 6) is 0. The molecule has 3 rings (SSSR count). The van der Waals surface area contributed by atoms with Crippen molar-refractivity contribution in [2.45, 2.75) is 13.0 Å². The smallest absolute Gasteiger partial charge is 0.171 e. The van der Waals surface area contributed by atoms with Gasteiger partial charge in [0.25, 0.3) is 0 Å². The first-order valence-corrected chi connectivity index (χ1v) is 9.27. The molecule has 0 heterocycles. The van der Waals surface area contributed by atoms with Crippen molar-refractivity contribution in [2.24, 2.45) is 0 Å². The van der Waals surface area contributed by atoms with Crippen LogP contribution in [0.1, 0.15) is 22.7 Å². The molecule has 2 N–H and O–H groups in total. The van der Waals surface area contributed by atoms with Crippen molar-refractivity contribution in [1.82, 2.24) is 5.32 Å². The van der Waals surface area contributed by atoms with Crippen LogP contribution in [0.15, 0.2) is 83.3 Å². The van der Waals surface area contributed by atoms with Crippen LogP contribution >= 0.6 is 28.1 Å². The lowest BCUT2D eigenvalue weighted by atomic mass is 9.99. The Morgan fingerprint density at radius 1 is 0.880 bits per heavy atom. The highest BCUT2D eigenvalue weighted by Crippen LogP contribution is 2.23. The van der Waals surface area contributed by atoms with E-state index in [9.17, 15) is 0 Å². The third-order valence-electron chi connectivity index (χ3n) is 3.96. The van der Waals surface area contributed by atoms with Gasteiger partial charge in [-0.15, -0.1) is 0 Å². The largest absolute Gasteiger partial charge is 0.352 e. The molecule has 0 unspecified atom stereocenters. The van der Waals surface area contributed by atoms with Crippen molar-refractivity contribution in [3.05, 3.63) is 100 Å². The fraction of sp³-hybridized carbons (Fsp3) is 0.0952. The van der Waals surface area contributed by atoms with Crippen LogP contribution in [-0.4, -0.2) is 5.11 Å². The summed E-state index contributed by atoms with van der Waals surface area (Å²) in [5, 5.41) is 7.32. The van der Waals surface area contributed by atoms with Crippen LogP contribution in [0.3, 0.4) is 0 Å². The molecule has 0 saturated carbocycles. The lowest BCUT2D eigenvalue weighted by Gasteiger charge is -2.22. The first-order chi connectivity index (χ1) is 12.1. The van der Waals surface area contributed by atoms with Gasteiger partial charge in [-0.25, -0.2) is 0 Å². The second-order valence-electron chi connectivity index (χ2n) is 5.82. The summed E-state index contributed by atoms with van der Waals surface area (Å²) < 4.78 is 1.09. The molecule has 0 saturated heterocycles. The summed E-state index contributed by atoms with van der Waals surface area (Å²) in [5.41, 5.74) is 4.48. The van der Waals surface area contributed by atoms with Crippen molar-refractivity contribution in [3.63, 3.8) is 0 Å². The fourth-order valence-corrected chi connectivity index (χ4v) is 3.15. The number of hydrogen-bond acceptors (Lipinski definition) is 1. The maximum absolute atomic E-state index is 5.55. The van der Waals surface area contributed by atoms with Crippen LogP contribution < -0.4 is 10.6 Å². The summed E-state index contributed by atoms with van der Waals surface area (Å²) in [7, 11) is 0. The van der Waals surface area contributed by atoms with Gasteiger partial charge in [0.05, 0.1) is 6.04 Å². The van der Waals surface area contributed by atoms with Crippen molar-refractivity contribution < 1.29 is 0 Å². The fourth-order valence-electron chi connectivity index (χ4n) is 2.67. The minimum Gasteiger partial charge on any atom is -0.352 e. The predicted octanol–water partition coefficient (Wildman–Crippen LogP) is 5.83. The number of thiocarbonyl (C=S) groups is 1. The van der Waals surface area contributed by atoms with Gasteiger partial charge in [-0.3, -0.25) is 0 Å². The minimum atomic E-state index is -0.000977. The van der Waals surface area contributed by atoms with E-state index in [1.165, 1.54) is 11.1 Å². The van der Waals surface area contributed by atoms with Crippen LogP contribution in [0.2, 0.25) is 0 Å². The van der Waals surface area contributed by atoms with Crippen LogP contribution in [0, 0.1) is 6.92 Å². The highest BCUT2D eigenvalue weighted by atomic mass is 79.9. The van der Waals surface area contributed by atoms with Gasteiger partial charge in [-0.1, -0.05) is 76.6 Å². The van der Waals surface area contributed by atoms with E-state index in [1.54, 1.807) is 0 Å². The summed E-state index contributed by atoms with van der Waals surface area (Å²) in [4.78, 5) is 0. The molecule has 25 heavy (non-hydrogen) atoms. The van der Waals surface area contributed by atoms with E-state index in [1.807, 2.05) is 48.5 Å². The van der Waals surface area contributed by atoms with Gasteiger partial charge in [0.1, 0.15) is 0 Å². The van der Waals surface area contributed by atoms with Crippen LogP contribution in [0.25, 0.3) is 0 Å². The van der Waals surface area contributed by atoms with E-state index in [0.717, 1.165) is 15.7 Å². The zero-order chi connectivity index (χ0) is 17.6. The zero-order valence-corrected chi connectivity index (χ0v) is 16.3. The molecule has 2 nitrogen and oxygen atoms in total. The Bertz CT molecular complexity index is 811. The van der Waals surface area contributed by atoms with Gasteiger partial charge < -0.3 is 10.6 Å². The average Bonchev–Trinajstić information content (AvgIpc) is 2.64. The summed E-state index contributed by atoms with van der Waals surface area (Å²) in [6.07, 6.45) is 0. The van der Waals surface area contributed by atoms with E-state index in [2.05, 4.69) is 63.8 Å². The maximum atomic E-state index is 5.55. The molecule has 0 aromatic heterocycles. The Morgan fingerprint density at radius 3 is 1.96 bits per heavy atom. The SMILES string of the molecule is Cc1cc(NC(=S)NC(c2ccccc2)c2ccccc2)ccc1Br. The molecule has 0 aliphatic rings. The lowest BCUT2D eigenvalue weighted by molar-refractivity contribution is 0.768. The summed E-state index contributed by atoms with van der Waals surface area (Å²) >= 11 is 9.08. The summed E-state index contributed by atoms with van der Waals surface area (Å²) in [6.45, 7) is 2.06. The molecule has 0 spiro atoms. The van der Waals surface area contributed by atoms with E-state index in [-0.39, 0.29) is 6.04 Å². The number of nitrogens with one attached hydrogen (secondary N) is 2. The molecule has 3 aromatic carbocycles. The summed E-state index contributed by atoms with van der Waals surface area (Å²) in [6, 6.07) is 26.7. The van der Waals surface area contributed by atoms with Crippen molar-refractivity contribution >= 4 is 38.9 Å². The number of aryl methyl sites for hydroxylation is 1. The third-order valence-corrected chi connectivity index (χ3v) is 5.07. The Labute approximate surface area is 162 Å². The molecular weight excluding hydrogens is 392 g/mol. The molecule has 0 fully saturated rings. The number of rotatable bonds is 4. The Morgan fingerprint density at radius 2 is 1.44 bits per heavy atom. The molecule has 126 valence electrons. The van der Waals surface area contributed by atoms with E-state index in [4.69, 9.17) is 12.2 Å². The molecule has 0 amide bonds. The third kappa shape index (κ3) is 4.68. The Kier molecular flexibility index (Phi) is 5.84. The van der Waals surface area contributed by atoms with Gasteiger partial charge in [-0.05, 0) is 54.0 Å². The van der Waals surface area contributed by atoms with Gasteiger partial charge >= 0.3 is 0 Å². The number of hydrogen-bond donors (Lipinski definition) is 2. The molecule has 0 aliphatic carbocycles. The number of anilines is 1. The van der Waals surface area contributed by atoms with Gasteiger partial charge in [0.15, 0.2) is 5.11 Å². The van der Waals surface area contributed by atoms with E-state index >= 15 is 0 Å². The van der Waals surface area contributed by atoms with Crippen LogP contribution in [0.5, 0.6) is 0 Å². The van der Waals surface area contributed by atoms with Gasteiger partial charge in [-0.2, -0.15) is 0 Å². The normalized spacial score (nSPS) is 10.5. The molecule has 0 radical (unpaired) electrons. The molecular formula is C21H19BrN2S. The monoisotopic (exact) mass is 410 g/mol. The molecule has 0 atom stereocenters. The highest BCUT2D eigenvalue weighted by Gasteiger charge is 2.14. The van der Waals surface area contributed by atoms with E-state index in [0.29, 0.717) is 5.11 Å². The zero-order valence-electron chi connectivity index (χ0n) is 13.9. The van der Waals surface area contributed by atoms with Gasteiger partial charge in [0.2, 0.25) is 0 Å². The molecule has 3 aromatic rings. The number of benzene rings is 3. The second-order valence-corrected chi connectivity index (χ2v) is 7.08. The first-order valence-electron chi connectivity index (χ1n) is 8.07. The van der Waals surface area contributed by atoms with Crippen LogP contribution in [-0.2, 0) is 0 Å². The Hall–Kier alpha value is -2.17. The predicted molar refractivity (Wildman–Crippen MR) is 113 cm³/mol.